The summed E-state index contributed by atoms with van der Waals surface area (Å²) in [7, 11) is 1.77. The van der Waals surface area contributed by atoms with Crippen molar-refractivity contribution >= 4 is 41.8 Å². The van der Waals surface area contributed by atoms with E-state index in [1.807, 2.05) is 28.0 Å². The summed E-state index contributed by atoms with van der Waals surface area (Å²) in [6.45, 7) is 8.34. The number of benzene rings is 1. The third-order valence-corrected chi connectivity index (χ3v) is 5.45. The van der Waals surface area contributed by atoms with E-state index >= 15 is 0 Å². The summed E-state index contributed by atoms with van der Waals surface area (Å²) >= 11 is 0. The lowest BCUT2D eigenvalue weighted by molar-refractivity contribution is -0.140. The van der Waals surface area contributed by atoms with Crippen molar-refractivity contribution in [1.29, 1.82) is 0 Å². The molecule has 32 heavy (non-hydrogen) atoms. The van der Waals surface area contributed by atoms with Gasteiger partial charge in [-0.2, -0.15) is 0 Å². The molecule has 1 fully saturated rings. The standard InChI is InChI=1S/C24H39N5O2.HI/c1-20(2)18-23(31)29-16-14-28(15-17-29)22(30)12-8-5-9-13-26-24(25-3)27-19-21-10-6-4-7-11-21;/h4,6-7,10-11,20H,5,8-9,12-19H2,1-3H3,(H2,25,26,27);1H. The average molecular weight is 558 g/mol. The molecule has 0 aromatic heterocycles. The molecular formula is C24H40IN5O2. The highest BCUT2D eigenvalue weighted by molar-refractivity contribution is 14.0. The van der Waals surface area contributed by atoms with Crippen molar-refractivity contribution in [2.24, 2.45) is 10.9 Å². The largest absolute Gasteiger partial charge is 0.356 e. The molecule has 0 unspecified atom stereocenters. The highest BCUT2D eigenvalue weighted by atomic mass is 127. The summed E-state index contributed by atoms with van der Waals surface area (Å²) in [5.74, 6) is 1.60. The smallest absolute Gasteiger partial charge is 0.222 e. The number of amides is 2. The van der Waals surface area contributed by atoms with Crippen molar-refractivity contribution in [2.75, 3.05) is 39.8 Å². The molecular weight excluding hydrogens is 517 g/mol. The zero-order valence-electron chi connectivity index (χ0n) is 19.8. The van der Waals surface area contributed by atoms with E-state index in [-0.39, 0.29) is 35.8 Å². The fraction of sp³-hybridized carbons (Fsp3) is 0.625. The minimum absolute atomic E-state index is 0. The monoisotopic (exact) mass is 557 g/mol. The number of aliphatic imine (C=N–C) groups is 1. The third kappa shape index (κ3) is 10.7. The Kier molecular flexibility index (Phi) is 14.0. The van der Waals surface area contributed by atoms with Crippen LogP contribution in [0.5, 0.6) is 0 Å². The van der Waals surface area contributed by atoms with Gasteiger partial charge in [0, 0.05) is 59.2 Å². The Morgan fingerprint density at radius 1 is 0.938 bits per heavy atom. The Morgan fingerprint density at radius 3 is 2.16 bits per heavy atom. The van der Waals surface area contributed by atoms with Gasteiger partial charge >= 0.3 is 0 Å². The predicted octanol–water partition coefficient (Wildman–Crippen LogP) is 3.25. The van der Waals surface area contributed by atoms with Gasteiger partial charge in [-0.15, -0.1) is 24.0 Å². The maximum Gasteiger partial charge on any atom is 0.222 e. The second-order valence-corrected chi connectivity index (χ2v) is 8.51. The Hall–Kier alpha value is -1.84. The van der Waals surface area contributed by atoms with Gasteiger partial charge in [-0.3, -0.25) is 14.6 Å². The molecule has 1 aromatic carbocycles. The Morgan fingerprint density at radius 2 is 1.56 bits per heavy atom. The third-order valence-electron chi connectivity index (χ3n) is 5.45. The molecule has 0 bridgehead atoms. The highest BCUT2D eigenvalue weighted by Crippen LogP contribution is 2.10. The maximum absolute atomic E-state index is 12.4. The number of nitrogens with one attached hydrogen (secondary N) is 2. The number of piperazine rings is 1. The molecule has 1 aliphatic heterocycles. The van der Waals surface area contributed by atoms with E-state index in [0.29, 0.717) is 44.9 Å². The van der Waals surface area contributed by atoms with Crippen LogP contribution in [0.4, 0.5) is 0 Å². The van der Waals surface area contributed by atoms with Gasteiger partial charge in [-0.05, 0) is 24.3 Å². The second-order valence-electron chi connectivity index (χ2n) is 8.51. The van der Waals surface area contributed by atoms with Gasteiger partial charge in [0.05, 0.1) is 0 Å². The zero-order chi connectivity index (χ0) is 22.5. The normalized spacial score (nSPS) is 14.2. The summed E-state index contributed by atoms with van der Waals surface area (Å²) in [4.78, 5) is 32.6. The van der Waals surface area contributed by atoms with Crippen LogP contribution >= 0.6 is 24.0 Å². The fourth-order valence-electron chi connectivity index (χ4n) is 3.63. The van der Waals surface area contributed by atoms with Gasteiger partial charge in [-0.1, -0.05) is 50.6 Å². The molecule has 8 heteroatoms. The minimum Gasteiger partial charge on any atom is -0.356 e. The van der Waals surface area contributed by atoms with Crippen molar-refractivity contribution in [1.82, 2.24) is 20.4 Å². The first-order valence-corrected chi connectivity index (χ1v) is 11.5. The summed E-state index contributed by atoms with van der Waals surface area (Å²) < 4.78 is 0. The van der Waals surface area contributed by atoms with Gasteiger partial charge in [0.15, 0.2) is 5.96 Å². The molecule has 2 amide bonds. The van der Waals surface area contributed by atoms with Gasteiger partial charge in [-0.25, -0.2) is 0 Å². The molecule has 1 heterocycles. The molecule has 1 aliphatic rings. The number of carbonyl (C=O) groups excluding carboxylic acids is 2. The number of hydrogen-bond donors (Lipinski definition) is 2. The molecule has 1 aromatic rings. The van der Waals surface area contributed by atoms with E-state index in [1.54, 1.807) is 7.05 Å². The van der Waals surface area contributed by atoms with E-state index in [1.165, 1.54) is 5.56 Å². The summed E-state index contributed by atoms with van der Waals surface area (Å²) in [5, 5.41) is 6.64. The number of nitrogens with zero attached hydrogens (tertiary/aromatic N) is 3. The van der Waals surface area contributed by atoms with E-state index in [2.05, 4.69) is 41.6 Å². The second kappa shape index (κ2) is 15.9. The molecule has 2 rings (SSSR count). The number of rotatable bonds is 10. The van der Waals surface area contributed by atoms with Crippen LogP contribution in [0.25, 0.3) is 0 Å². The van der Waals surface area contributed by atoms with Crippen molar-refractivity contribution in [2.45, 2.75) is 52.5 Å². The topological polar surface area (TPSA) is 77.0 Å². The first-order chi connectivity index (χ1) is 15.0. The Labute approximate surface area is 210 Å². The predicted molar refractivity (Wildman–Crippen MR) is 141 cm³/mol. The molecule has 0 atom stereocenters. The number of guanidine groups is 1. The first-order valence-electron chi connectivity index (χ1n) is 11.5. The van der Waals surface area contributed by atoms with Crippen LogP contribution in [0.15, 0.2) is 35.3 Å². The lowest BCUT2D eigenvalue weighted by atomic mass is 10.1. The lowest BCUT2D eigenvalue weighted by Gasteiger charge is -2.35. The van der Waals surface area contributed by atoms with Gasteiger partial charge in [0.1, 0.15) is 0 Å². The van der Waals surface area contributed by atoms with Crippen molar-refractivity contribution in [3.05, 3.63) is 35.9 Å². The molecule has 0 spiro atoms. The molecule has 1 saturated heterocycles. The maximum atomic E-state index is 12.4. The van der Waals surface area contributed by atoms with Crippen molar-refractivity contribution < 1.29 is 9.59 Å². The Balaban J connectivity index is 0.00000512. The molecule has 0 aliphatic carbocycles. The molecule has 180 valence electrons. The van der Waals surface area contributed by atoms with Gasteiger partial charge in [0.25, 0.3) is 0 Å². The van der Waals surface area contributed by atoms with E-state index in [0.717, 1.165) is 38.3 Å². The summed E-state index contributed by atoms with van der Waals surface area (Å²) in [5.41, 5.74) is 1.22. The SMILES string of the molecule is CN=C(NCCCCCC(=O)N1CCN(C(=O)CC(C)C)CC1)NCc1ccccc1.I. The molecule has 2 N–H and O–H groups in total. The summed E-state index contributed by atoms with van der Waals surface area (Å²) in [6.07, 6.45) is 4.07. The number of halogens is 1. The van der Waals surface area contributed by atoms with E-state index < -0.39 is 0 Å². The fourth-order valence-corrected chi connectivity index (χ4v) is 3.63. The number of unbranched alkanes of at least 4 members (excludes halogenated alkanes) is 2. The van der Waals surface area contributed by atoms with Crippen LogP contribution in [0, 0.1) is 5.92 Å². The molecule has 0 saturated carbocycles. The quantitative estimate of drug-likeness (QED) is 0.201. The van der Waals surface area contributed by atoms with Crippen molar-refractivity contribution in [3.63, 3.8) is 0 Å². The van der Waals surface area contributed by atoms with Crippen molar-refractivity contribution in [3.8, 4) is 0 Å². The van der Waals surface area contributed by atoms with E-state index in [4.69, 9.17) is 0 Å². The van der Waals surface area contributed by atoms with Gasteiger partial charge in [0.2, 0.25) is 11.8 Å². The van der Waals surface area contributed by atoms with Crippen LogP contribution in [0.3, 0.4) is 0 Å². The summed E-state index contributed by atoms with van der Waals surface area (Å²) in [6, 6.07) is 10.2. The van der Waals surface area contributed by atoms with Gasteiger partial charge < -0.3 is 20.4 Å². The minimum atomic E-state index is 0. The van der Waals surface area contributed by atoms with E-state index in [9.17, 15) is 9.59 Å². The lowest BCUT2D eigenvalue weighted by Crippen LogP contribution is -2.50. The number of hydrogen-bond acceptors (Lipinski definition) is 3. The van der Waals surface area contributed by atoms with Crippen LogP contribution in [-0.2, 0) is 16.1 Å². The van der Waals surface area contributed by atoms with Crippen LogP contribution in [-0.4, -0.2) is 67.3 Å². The van der Waals surface area contributed by atoms with Crippen LogP contribution in [0.2, 0.25) is 0 Å². The number of carbonyl (C=O) groups is 2. The Bertz CT molecular complexity index is 704. The molecule has 0 radical (unpaired) electrons. The zero-order valence-corrected chi connectivity index (χ0v) is 22.1. The first kappa shape index (κ1) is 28.2. The van der Waals surface area contributed by atoms with Crippen LogP contribution < -0.4 is 10.6 Å². The highest BCUT2D eigenvalue weighted by Gasteiger charge is 2.23. The average Bonchev–Trinajstić information content (AvgIpc) is 2.78. The molecule has 7 nitrogen and oxygen atoms in total. The van der Waals surface area contributed by atoms with Crippen LogP contribution in [0.1, 0.15) is 51.5 Å².